The van der Waals surface area contributed by atoms with E-state index in [0.717, 1.165) is 4.31 Å². The number of aromatic nitrogens is 3. The molecule has 0 aliphatic carbocycles. The highest BCUT2D eigenvalue weighted by Crippen LogP contribution is 2.27. The molecule has 136 valence electrons. The number of hydrogen-bond acceptors (Lipinski definition) is 7. The fourth-order valence-corrected chi connectivity index (χ4v) is 3.76. The van der Waals surface area contributed by atoms with Crippen molar-refractivity contribution in [3.63, 3.8) is 0 Å². The monoisotopic (exact) mass is 410 g/mol. The van der Waals surface area contributed by atoms with Crippen molar-refractivity contribution in [2.24, 2.45) is 0 Å². The van der Waals surface area contributed by atoms with Crippen molar-refractivity contribution in [3.05, 3.63) is 53.4 Å². The average Bonchev–Trinajstić information content (AvgIpc) is 3.09. The van der Waals surface area contributed by atoms with Crippen molar-refractivity contribution in [1.82, 2.24) is 19.4 Å². The Kier molecular flexibility index (Phi) is 5.61. The lowest BCUT2D eigenvalue weighted by Crippen LogP contribution is -2.22. The molecule has 0 atom stereocenters. The van der Waals surface area contributed by atoms with Gasteiger partial charge >= 0.3 is 0 Å². The maximum Gasteiger partial charge on any atom is 0.259 e. The number of hydrogen-bond donors (Lipinski definition) is 0. The average molecular weight is 411 g/mol. The van der Waals surface area contributed by atoms with E-state index in [0.29, 0.717) is 33.1 Å². The summed E-state index contributed by atoms with van der Waals surface area (Å²) >= 11 is 7.50. The van der Waals surface area contributed by atoms with Gasteiger partial charge in [-0.15, -0.1) is 0 Å². The minimum absolute atomic E-state index is 0.146. The van der Waals surface area contributed by atoms with E-state index in [1.165, 1.54) is 38.1 Å². The summed E-state index contributed by atoms with van der Waals surface area (Å²) < 4.78 is 30.4. The van der Waals surface area contributed by atoms with Gasteiger partial charge in [0.25, 0.3) is 5.89 Å². The molecule has 0 radical (unpaired) electrons. The second-order valence-electron chi connectivity index (χ2n) is 5.40. The molecule has 7 nitrogen and oxygen atoms in total. The molecule has 2 aromatic heterocycles. The molecule has 0 unspecified atom stereocenters. The third-order valence-corrected chi connectivity index (χ3v) is 6.48. The zero-order valence-corrected chi connectivity index (χ0v) is 16.3. The molecule has 0 saturated heterocycles. The second-order valence-corrected chi connectivity index (χ2v) is 8.96. The standard InChI is InChI=1S/C16H15ClN4O3S2/c1-21(2)26(22,23)11-7-8-15(18-9-11)25-10-14-19-16(24-20-14)12-5-3-4-6-13(12)17/h3-9H,10H2,1-2H3. The summed E-state index contributed by atoms with van der Waals surface area (Å²) in [6.07, 6.45) is 1.34. The number of thioether (sulfide) groups is 1. The minimum Gasteiger partial charge on any atom is -0.334 e. The molecule has 26 heavy (non-hydrogen) atoms. The van der Waals surface area contributed by atoms with Crippen molar-refractivity contribution in [2.75, 3.05) is 14.1 Å². The molecule has 10 heteroatoms. The predicted molar refractivity (Wildman–Crippen MR) is 99.4 cm³/mol. The number of pyridine rings is 1. The van der Waals surface area contributed by atoms with E-state index < -0.39 is 10.0 Å². The maximum atomic E-state index is 12.0. The first-order chi connectivity index (χ1) is 12.4. The van der Waals surface area contributed by atoms with Crippen LogP contribution in [0.3, 0.4) is 0 Å². The summed E-state index contributed by atoms with van der Waals surface area (Å²) in [4.78, 5) is 8.64. The van der Waals surface area contributed by atoms with Crippen molar-refractivity contribution < 1.29 is 12.9 Å². The van der Waals surface area contributed by atoms with Gasteiger partial charge in [0, 0.05) is 20.3 Å². The summed E-state index contributed by atoms with van der Waals surface area (Å²) in [5.41, 5.74) is 0.675. The maximum absolute atomic E-state index is 12.0. The Bertz CT molecular complexity index is 1000. The van der Waals surface area contributed by atoms with Crippen LogP contribution in [-0.2, 0) is 15.8 Å². The van der Waals surface area contributed by atoms with Crippen LogP contribution in [0.25, 0.3) is 11.5 Å². The lowest BCUT2D eigenvalue weighted by atomic mass is 10.2. The van der Waals surface area contributed by atoms with Crippen molar-refractivity contribution in [2.45, 2.75) is 15.7 Å². The van der Waals surface area contributed by atoms with E-state index in [-0.39, 0.29) is 4.90 Å². The third kappa shape index (κ3) is 4.07. The molecule has 1 aromatic carbocycles. The van der Waals surface area contributed by atoms with Gasteiger partial charge in [-0.25, -0.2) is 17.7 Å². The number of benzene rings is 1. The molecular formula is C16H15ClN4O3S2. The van der Waals surface area contributed by atoms with Crippen molar-refractivity contribution >= 4 is 33.4 Å². The molecule has 3 rings (SSSR count). The van der Waals surface area contributed by atoms with Crippen molar-refractivity contribution in [3.8, 4) is 11.5 Å². The quantitative estimate of drug-likeness (QED) is 0.575. The predicted octanol–water partition coefficient (Wildman–Crippen LogP) is 3.33. The Morgan fingerprint density at radius 1 is 1.19 bits per heavy atom. The second kappa shape index (κ2) is 7.75. The molecular weight excluding hydrogens is 396 g/mol. The molecule has 0 N–H and O–H groups in total. The molecule has 3 aromatic rings. The van der Waals surface area contributed by atoms with Crippen LogP contribution in [0.15, 0.2) is 57.0 Å². The smallest absolute Gasteiger partial charge is 0.259 e. The van der Waals surface area contributed by atoms with Crippen LogP contribution >= 0.6 is 23.4 Å². The molecule has 0 fully saturated rings. The van der Waals surface area contributed by atoms with E-state index in [1.807, 2.05) is 12.1 Å². The van der Waals surface area contributed by atoms with Crippen LogP contribution < -0.4 is 0 Å². The lowest BCUT2D eigenvalue weighted by Gasteiger charge is -2.10. The van der Waals surface area contributed by atoms with Gasteiger partial charge in [0.2, 0.25) is 10.0 Å². The first-order valence-corrected chi connectivity index (χ1v) is 10.3. The van der Waals surface area contributed by atoms with Gasteiger partial charge in [0.1, 0.15) is 4.90 Å². The van der Waals surface area contributed by atoms with Crippen LogP contribution in [0.2, 0.25) is 5.02 Å². The van der Waals surface area contributed by atoms with E-state index >= 15 is 0 Å². The van der Waals surface area contributed by atoms with Gasteiger partial charge in [0.05, 0.1) is 21.4 Å². The Morgan fingerprint density at radius 3 is 2.62 bits per heavy atom. The van der Waals surface area contributed by atoms with Crippen LogP contribution in [0.5, 0.6) is 0 Å². The summed E-state index contributed by atoms with van der Waals surface area (Å²) in [6, 6.07) is 10.4. The number of halogens is 1. The molecule has 0 aliphatic rings. The zero-order chi connectivity index (χ0) is 18.7. The van der Waals surface area contributed by atoms with E-state index in [4.69, 9.17) is 16.1 Å². The number of sulfonamides is 1. The molecule has 0 saturated carbocycles. The fourth-order valence-electron chi connectivity index (χ4n) is 2.01. The summed E-state index contributed by atoms with van der Waals surface area (Å²) in [6.45, 7) is 0. The Hall–Kier alpha value is -1.94. The van der Waals surface area contributed by atoms with Crippen LogP contribution in [0.4, 0.5) is 0 Å². The van der Waals surface area contributed by atoms with E-state index in [1.54, 1.807) is 18.2 Å². The van der Waals surface area contributed by atoms with Gasteiger partial charge in [0.15, 0.2) is 5.82 Å². The fraction of sp³-hybridized carbons (Fsp3) is 0.188. The summed E-state index contributed by atoms with van der Waals surface area (Å²) in [5, 5.41) is 5.13. The highest BCUT2D eigenvalue weighted by Gasteiger charge is 2.17. The zero-order valence-electron chi connectivity index (χ0n) is 14.0. The molecule has 0 spiro atoms. The van der Waals surface area contributed by atoms with Crippen molar-refractivity contribution in [1.29, 1.82) is 0 Å². The molecule has 0 bridgehead atoms. The van der Waals surface area contributed by atoms with Gasteiger partial charge in [-0.1, -0.05) is 40.7 Å². The van der Waals surface area contributed by atoms with E-state index in [2.05, 4.69) is 15.1 Å². The first kappa shape index (κ1) is 18.8. The largest absolute Gasteiger partial charge is 0.334 e. The molecule has 2 heterocycles. The lowest BCUT2D eigenvalue weighted by molar-refractivity contribution is 0.425. The Morgan fingerprint density at radius 2 is 1.96 bits per heavy atom. The van der Waals surface area contributed by atoms with Crippen LogP contribution in [-0.4, -0.2) is 41.9 Å². The topological polar surface area (TPSA) is 89.2 Å². The van der Waals surface area contributed by atoms with E-state index in [9.17, 15) is 8.42 Å². The highest BCUT2D eigenvalue weighted by atomic mass is 35.5. The molecule has 0 aliphatic heterocycles. The Balaban J connectivity index is 1.68. The highest BCUT2D eigenvalue weighted by molar-refractivity contribution is 7.98. The first-order valence-electron chi connectivity index (χ1n) is 7.47. The van der Waals surface area contributed by atoms with Crippen LogP contribution in [0.1, 0.15) is 5.82 Å². The van der Waals surface area contributed by atoms with Gasteiger partial charge < -0.3 is 4.52 Å². The normalized spacial score (nSPS) is 11.8. The number of nitrogens with zero attached hydrogens (tertiary/aromatic N) is 4. The number of rotatable bonds is 6. The SMILES string of the molecule is CN(C)S(=O)(=O)c1ccc(SCc2noc(-c3ccccc3Cl)n2)nc1. The summed E-state index contributed by atoms with van der Waals surface area (Å²) in [7, 11) is -0.529. The van der Waals surface area contributed by atoms with Gasteiger partial charge in [-0.05, 0) is 24.3 Å². The van der Waals surface area contributed by atoms with Gasteiger partial charge in [-0.2, -0.15) is 4.98 Å². The third-order valence-electron chi connectivity index (χ3n) is 3.41. The summed E-state index contributed by atoms with van der Waals surface area (Å²) in [5.74, 6) is 1.28. The van der Waals surface area contributed by atoms with Crippen LogP contribution in [0, 0.1) is 0 Å². The minimum atomic E-state index is -3.48. The Labute approximate surface area is 160 Å². The van der Waals surface area contributed by atoms with Gasteiger partial charge in [-0.3, -0.25) is 0 Å². The molecule has 0 amide bonds.